The fourth-order valence-corrected chi connectivity index (χ4v) is 2.56. The highest BCUT2D eigenvalue weighted by atomic mass is 16.5. The van der Waals surface area contributed by atoms with Crippen molar-refractivity contribution in [2.24, 2.45) is 0 Å². The Bertz CT molecular complexity index is 463. The third kappa shape index (κ3) is 1.78. The number of Topliss-reactive ketones (excluding diaryl/α,β-unsaturated/α-hetero) is 1. The maximum Gasteiger partial charge on any atom is 0.323 e. The van der Waals surface area contributed by atoms with E-state index in [9.17, 15) is 9.59 Å². The number of ketones is 1. The van der Waals surface area contributed by atoms with Crippen LogP contribution in [0.25, 0.3) is 0 Å². The minimum atomic E-state index is -1.11. The summed E-state index contributed by atoms with van der Waals surface area (Å²) < 4.78 is 9.91. The summed E-state index contributed by atoms with van der Waals surface area (Å²) in [6, 6.07) is 7.04. The van der Waals surface area contributed by atoms with Crippen molar-refractivity contribution in [2.75, 3.05) is 14.2 Å². The van der Waals surface area contributed by atoms with Gasteiger partial charge in [0.2, 0.25) is 0 Å². The Morgan fingerprint density at radius 1 is 1.22 bits per heavy atom. The van der Waals surface area contributed by atoms with E-state index in [0.29, 0.717) is 24.2 Å². The molecule has 0 aromatic heterocycles. The van der Waals surface area contributed by atoms with Crippen molar-refractivity contribution in [1.82, 2.24) is 0 Å². The molecule has 2 rings (SSSR count). The lowest BCUT2D eigenvalue weighted by Gasteiger charge is -2.24. The van der Waals surface area contributed by atoms with E-state index in [1.807, 2.05) is 0 Å². The smallest absolute Gasteiger partial charge is 0.323 e. The van der Waals surface area contributed by atoms with Crippen LogP contribution in [0.15, 0.2) is 24.3 Å². The summed E-state index contributed by atoms with van der Waals surface area (Å²) in [7, 11) is 2.89. The molecule has 0 aliphatic heterocycles. The van der Waals surface area contributed by atoms with Crippen LogP contribution in [0.4, 0.5) is 0 Å². The van der Waals surface area contributed by atoms with Gasteiger partial charge in [-0.25, -0.2) is 0 Å². The van der Waals surface area contributed by atoms with E-state index < -0.39 is 11.4 Å². The topological polar surface area (TPSA) is 52.6 Å². The van der Waals surface area contributed by atoms with Crippen LogP contribution in [0.3, 0.4) is 0 Å². The highest BCUT2D eigenvalue weighted by Gasteiger charge is 2.50. The summed E-state index contributed by atoms with van der Waals surface area (Å²) in [4.78, 5) is 24.1. The van der Waals surface area contributed by atoms with Gasteiger partial charge in [-0.05, 0) is 30.5 Å². The second-order valence-corrected chi connectivity index (χ2v) is 4.40. The summed E-state index contributed by atoms with van der Waals surface area (Å²) in [6.45, 7) is 0. The van der Waals surface area contributed by atoms with Crippen LogP contribution in [0.1, 0.15) is 24.8 Å². The van der Waals surface area contributed by atoms with E-state index in [1.54, 1.807) is 31.4 Å². The van der Waals surface area contributed by atoms with Crippen molar-refractivity contribution in [3.05, 3.63) is 29.8 Å². The SMILES string of the molecule is COC(=O)[C@]1(c2ccc(OC)cc2)CCCC1=O. The van der Waals surface area contributed by atoms with Crippen molar-refractivity contribution in [3.8, 4) is 5.75 Å². The fraction of sp³-hybridized carbons (Fsp3) is 0.429. The minimum absolute atomic E-state index is 0.0560. The largest absolute Gasteiger partial charge is 0.497 e. The van der Waals surface area contributed by atoms with Crippen molar-refractivity contribution in [2.45, 2.75) is 24.7 Å². The van der Waals surface area contributed by atoms with Gasteiger partial charge in [0.05, 0.1) is 14.2 Å². The number of ether oxygens (including phenoxy) is 2. The van der Waals surface area contributed by atoms with E-state index in [4.69, 9.17) is 9.47 Å². The van der Waals surface area contributed by atoms with Crippen LogP contribution in [0, 0.1) is 0 Å². The molecule has 1 fully saturated rings. The monoisotopic (exact) mass is 248 g/mol. The molecule has 1 saturated carbocycles. The molecule has 4 heteroatoms. The van der Waals surface area contributed by atoms with E-state index in [0.717, 1.165) is 6.42 Å². The van der Waals surface area contributed by atoms with E-state index in [1.165, 1.54) is 7.11 Å². The zero-order valence-corrected chi connectivity index (χ0v) is 10.6. The summed E-state index contributed by atoms with van der Waals surface area (Å²) in [5.74, 6) is 0.180. The average molecular weight is 248 g/mol. The number of carbonyl (C=O) groups excluding carboxylic acids is 2. The van der Waals surface area contributed by atoms with Gasteiger partial charge < -0.3 is 9.47 Å². The Balaban J connectivity index is 2.46. The quantitative estimate of drug-likeness (QED) is 0.605. The predicted octanol–water partition coefficient (Wildman–Crippen LogP) is 1.86. The first-order valence-electron chi connectivity index (χ1n) is 5.91. The first-order valence-corrected chi connectivity index (χ1v) is 5.91. The molecule has 0 bridgehead atoms. The second kappa shape index (κ2) is 4.80. The third-order valence-corrected chi connectivity index (χ3v) is 3.55. The van der Waals surface area contributed by atoms with Crippen LogP contribution in [-0.4, -0.2) is 26.0 Å². The van der Waals surface area contributed by atoms with Gasteiger partial charge in [-0.1, -0.05) is 12.1 Å². The summed E-state index contributed by atoms with van der Waals surface area (Å²) in [5.41, 5.74) is -0.418. The number of hydrogen-bond donors (Lipinski definition) is 0. The Morgan fingerprint density at radius 3 is 2.33 bits per heavy atom. The molecular formula is C14H16O4. The van der Waals surface area contributed by atoms with Gasteiger partial charge in [-0.3, -0.25) is 9.59 Å². The number of methoxy groups -OCH3 is 2. The predicted molar refractivity (Wildman–Crippen MR) is 65.5 cm³/mol. The molecule has 1 aliphatic rings. The zero-order chi connectivity index (χ0) is 13.2. The maximum absolute atomic E-state index is 12.1. The third-order valence-electron chi connectivity index (χ3n) is 3.55. The molecule has 0 N–H and O–H groups in total. The first-order chi connectivity index (χ1) is 8.65. The van der Waals surface area contributed by atoms with Crippen LogP contribution in [0.2, 0.25) is 0 Å². The van der Waals surface area contributed by atoms with Crippen LogP contribution in [0.5, 0.6) is 5.75 Å². The van der Waals surface area contributed by atoms with Gasteiger partial charge in [-0.15, -0.1) is 0 Å². The molecule has 0 unspecified atom stereocenters. The lowest BCUT2D eigenvalue weighted by molar-refractivity contribution is -0.150. The lowest BCUT2D eigenvalue weighted by Crippen LogP contribution is -2.40. The number of esters is 1. The second-order valence-electron chi connectivity index (χ2n) is 4.40. The van der Waals surface area contributed by atoms with E-state index in [-0.39, 0.29) is 5.78 Å². The van der Waals surface area contributed by atoms with Crippen molar-refractivity contribution in [3.63, 3.8) is 0 Å². The van der Waals surface area contributed by atoms with E-state index >= 15 is 0 Å². The zero-order valence-electron chi connectivity index (χ0n) is 10.6. The van der Waals surface area contributed by atoms with Crippen molar-refractivity contribution < 1.29 is 19.1 Å². The fourth-order valence-electron chi connectivity index (χ4n) is 2.56. The van der Waals surface area contributed by atoms with Gasteiger partial charge in [0.25, 0.3) is 0 Å². The average Bonchev–Trinajstić information content (AvgIpc) is 2.81. The van der Waals surface area contributed by atoms with Gasteiger partial charge in [0, 0.05) is 6.42 Å². The van der Waals surface area contributed by atoms with Gasteiger partial charge in [0.15, 0.2) is 11.2 Å². The molecule has 4 nitrogen and oxygen atoms in total. The number of hydrogen-bond acceptors (Lipinski definition) is 4. The molecule has 1 atom stereocenters. The van der Waals surface area contributed by atoms with Crippen molar-refractivity contribution in [1.29, 1.82) is 0 Å². The summed E-state index contributed by atoms with van der Waals surface area (Å²) >= 11 is 0. The Hall–Kier alpha value is -1.84. The molecule has 96 valence electrons. The number of benzene rings is 1. The van der Waals surface area contributed by atoms with Crippen LogP contribution < -0.4 is 4.74 Å². The highest BCUT2D eigenvalue weighted by Crippen LogP contribution is 2.39. The standard InChI is InChI=1S/C14H16O4/c1-17-11-7-5-10(6-8-11)14(13(16)18-2)9-3-4-12(14)15/h5-8H,3-4,9H2,1-2H3/t14-/m0/s1. The molecule has 18 heavy (non-hydrogen) atoms. The van der Waals surface area contributed by atoms with Crippen LogP contribution in [-0.2, 0) is 19.7 Å². The van der Waals surface area contributed by atoms with Gasteiger partial charge >= 0.3 is 5.97 Å². The van der Waals surface area contributed by atoms with Crippen LogP contribution >= 0.6 is 0 Å². The van der Waals surface area contributed by atoms with Crippen molar-refractivity contribution >= 4 is 11.8 Å². The van der Waals surface area contributed by atoms with Gasteiger partial charge in [0.1, 0.15) is 5.75 Å². The minimum Gasteiger partial charge on any atom is -0.497 e. The Kier molecular flexibility index (Phi) is 3.36. The molecule has 0 heterocycles. The number of rotatable bonds is 3. The normalized spacial score (nSPS) is 22.9. The Labute approximate surface area is 106 Å². The lowest BCUT2D eigenvalue weighted by atomic mass is 9.78. The highest BCUT2D eigenvalue weighted by molar-refractivity contribution is 6.11. The maximum atomic E-state index is 12.1. The molecule has 0 spiro atoms. The number of carbonyl (C=O) groups is 2. The summed E-state index contributed by atoms with van der Waals surface area (Å²) in [5, 5.41) is 0. The molecule has 1 aliphatic carbocycles. The molecular weight excluding hydrogens is 232 g/mol. The molecule has 0 saturated heterocycles. The molecule has 1 aromatic rings. The van der Waals surface area contributed by atoms with E-state index in [2.05, 4.69) is 0 Å². The van der Waals surface area contributed by atoms with Gasteiger partial charge in [-0.2, -0.15) is 0 Å². The first kappa shape index (κ1) is 12.6. The molecule has 0 radical (unpaired) electrons. The molecule has 1 aromatic carbocycles. The summed E-state index contributed by atoms with van der Waals surface area (Å²) in [6.07, 6.45) is 1.67. The Morgan fingerprint density at radius 2 is 1.89 bits per heavy atom. The molecule has 0 amide bonds.